The van der Waals surface area contributed by atoms with Crippen molar-refractivity contribution in [3.05, 3.63) is 29.8 Å². The van der Waals surface area contributed by atoms with Gasteiger partial charge in [-0.1, -0.05) is 18.2 Å². The number of hydrogen-bond donors (Lipinski definition) is 0. The third kappa shape index (κ3) is 1.00. The number of ether oxygens (including phenoxy) is 1. The highest BCUT2D eigenvalue weighted by Gasteiger charge is 2.12. The van der Waals surface area contributed by atoms with Gasteiger partial charge in [-0.3, -0.25) is 0 Å². The molecule has 1 aromatic rings. The first-order valence-electron chi connectivity index (χ1n) is 3.59. The van der Waals surface area contributed by atoms with Crippen LogP contribution in [0.15, 0.2) is 29.3 Å². The predicted octanol–water partition coefficient (Wildman–Crippen LogP) is 1.92. The van der Waals surface area contributed by atoms with Crippen LogP contribution in [0.25, 0.3) is 0 Å². The molecule has 1 heterocycles. The molecule has 1 aromatic carbocycles. The molecule has 11 heavy (non-hydrogen) atoms. The van der Waals surface area contributed by atoms with Crippen molar-refractivity contribution in [2.24, 2.45) is 4.99 Å². The number of benzene rings is 1. The van der Waals surface area contributed by atoms with Crippen LogP contribution in [0.1, 0.15) is 5.56 Å². The van der Waals surface area contributed by atoms with Crippen LogP contribution in [-0.2, 0) is 11.2 Å². The lowest BCUT2D eigenvalue weighted by atomic mass is 10.1. The van der Waals surface area contributed by atoms with E-state index in [1.807, 2.05) is 18.2 Å². The molecule has 56 valence electrons. The van der Waals surface area contributed by atoms with E-state index in [4.69, 9.17) is 4.74 Å². The van der Waals surface area contributed by atoms with Crippen molar-refractivity contribution in [1.82, 2.24) is 0 Å². The number of rotatable bonds is 0. The molecule has 2 nitrogen and oxygen atoms in total. The molecule has 1 aliphatic rings. The summed E-state index contributed by atoms with van der Waals surface area (Å²) in [6.07, 6.45) is 0.840. The monoisotopic (exact) mass is 147 g/mol. The lowest BCUT2D eigenvalue weighted by Crippen LogP contribution is -1.98. The lowest BCUT2D eigenvalue weighted by Gasteiger charge is -1.93. The topological polar surface area (TPSA) is 21.6 Å². The van der Waals surface area contributed by atoms with E-state index in [1.165, 1.54) is 5.56 Å². The standard InChI is InChI=1S/C9H9NO/c1-11-9-6-7-4-2-3-5-8(7)10-9/h2-5H,6H2,1H3. The van der Waals surface area contributed by atoms with E-state index in [1.54, 1.807) is 7.11 Å². The Morgan fingerprint density at radius 2 is 2.18 bits per heavy atom. The summed E-state index contributed by atoms with van der Waals surface area (Å²) in [5.74, 6) is 0.811. The Balaban J connectivity index is 2.39. The summed E-state index contributed by atoms with van der Waals surface area (Å²) in [6, 6.07) is 8.08. The van der Waals surface area contributed by atoms with Gasteiger partial charge in [-0.25, -0.2) is 4.99 Å². The number of aliphatic imine (C=N–C) groups is 1. The molecule has 1 aliphatic heterocycles. The largest absolute Gasteiger partial charge is 0.484 e. The summed E-state index contributed by atoms with van der Waals surface area (Å²) in [7, 11) is 1.66. The first-order chi connectivity index (χ1) is 5.40. The summed E-state index contributed by atoms with van der Waals surface area (Å²) >= 11 is 0. The highest BCUT2D eigenvalue weighted by atomic mass is 16.5. The van der Waals surface area contributed by atoms with Gasteiger partial charge in [-0.2, -0.15) is 0 Å². The fraction of sp³-hybridized carbons (Fsp3) is 0.222. The molecule has 0 aromatic heterocycles. The second-order valence-corrected chi connectivity index (χ2v) is 2.52. The molecular weight excluding hydrogens is 138 g/mol. The number of para-hydroxylation sites is 1. The van der Waals surface area contributed by atoms with Gasteiger partial charge in [0.1, 0.15) is 0 Å². The number of methoxy groups -OCH3 is 1. The SMILES string of the molecule is COC1=Nc2ccccc2C1. The molecule has 0 spiro atoms. The minimum Gasteiger partial charge on any atom is -0.484 e. The molecule has 0 saturated heterocycles. The summed E-state index contributed by atoms with van der Waals surface area (Å²) < 4.78 is 5.04. The Labute approximate surface area is 65.5 Å². The van der Waals surface area contributed by atoms with E-state index in [-0.39, 0.29) is 0 Å². The van der Waals surface area contributed by atoms with Crippen LogP contribution < -0.4 is 0 Å². The van der Waals surface area contributed by atoms with Gasteiger partial charge in [0.15, 0.2) is 5.90 Å². The predicted molar refractivity (Wildman–Crippen MR) is 44.3 cm³/mol. The number of fused-ring (bicyclic) bond motifs is 1. The van der Waals surface area contributed by atoms with E-state index in [0.717, 1.165) is 18.0 Å². The third-order valence-electron chi connectivity index (χ3n) is 1.81. The van der Waals surface area contributed by atoms with E-state index in [0.29, 0.717) is 0 Å². The fourth-order valence-electron chi connectivity index (χ4n) is 1.22. The molecule has 0 radical (unpaired) electrons. The van der Waals surface area contributed by atoms with Crippen LogP contribution in [0.5, 0.6) is 0 Å². The fourth-order valence-corrected chi connectivity index (χ4v) is 1.22. The second kappa shape index (κ2) is 2.38. The Bertz CT molecular complexity index is 304. The van der Waals surface area contributed by atoms with Crippen molar-refractivity contribution in [2.45, 2.75) is 6.42 Å². The molecule has 0 N–H and O–H groups in total. The number of nitrogens with zero attached hydrogens (tertiary/aromatic N) is 1. The Morgan fingerprint density at radius 3 is 2.91 bits per heavy atom. The van der Waals surface area contributed by atoms with E-state index in [9.17, 15) is 0 Å². The molecule has 0 amide bonds. The summed E-state index contributed by atoms with van der Waals surface area (Å²) in [5.41, 5.74) is 2.30. The Hall–Kier alpha value is -1.31. The third-order valence-corrected chi connectivity index (χ3v) is 1.81. The normalized spacial score (nSPS) is 14.1. The first-order valence-corrected chi connectivity index (χ1v) is 3.59. The summed E-state index contributed by atoms with van der Waals surface area (Å²) in [5, 5.41) is 0. The van der Waals surface area contributed by atoms with E-state index < -0.39 is 0 Å². The zero-order chi connectivity index (χ0) is 7.68. The van der Waals surface area contributed by atoms with Crippen molar-refractivity contribution >= 4 is 11.6 Å². The molecule has 0 unspecified atom stereocenters. The molecule has 2 rings (SSSR count). The van der Waals surface area contributed by atoms with Crippen LogP contribution in [0.3, 0.4) is 0 Å². The van der Waals surface area contributed by atoms with Gasteiger partial charge < -0.3 is 4.74 Å². The van der Waals surface area contributed by atoms with Gasteiger partial charge in [-0.15, -0.1) is 0 Å². The highest BCUT2D eigenvalue weighted by molar-refractivity contribution is 5.87. The van der Waals surface area contributed by atoms with Gasteiger partial charge >= 0.3 is 0 Å². The van der Waals surface area contributed by atoms with Gasteiger partial charge in [0.25, 0.3) is 0 Å². The quantitative estimate of drug-likeness (QED) is 0.549. The van der Waals surface area contributed by atoms with E-state index >= 15 is 0 Å². The van der Waals surface area contributed by atoms with Crippen LogP contribution in [0.4, 0.5) is 5.69 Å². The summed E-state index contributed by atoms with van der Waals surface area (Å²) in [4.78, 5) is 4.26. The van der Waals surface area contributed by atoms with Crippen LogP contribution >= 0.6 is 0 Å². The van der Waals surface area contributed by atoms with Gasteiger partial charge in [0.05, 0.1) is 19.2 Å². The second-order valence-electron chi connectivity index (χ2n) is 2.52. The Kier molecular flexibility index (Phi) is 1.39. The maximum atomic E-state index is 5.04. The maximum absolute atomic E-state index is 5.04. The smallest absolute Gasteiger partial charge is 0.192 e. The van der Waals surface area contributed by atoms with Crippen molar-refractivity contribution in [1.29, 1.82) is 0 Å². The van der Waals surface area contributed by atoms with Gasteiger partial charge in [0.2, 0.25) is 0 Å². The molecule has 0 atom stereocenters. The van der Waals surface area contributed by atoms with Crippen molar-refractivity contribution in [2.75, 3.05) is 7.11 Å². The molecule has 0 fully saturated rings. The van der Waals surface area contributed by atoms with Crippen molar-refractivity contribution in [3.63, 3.8) is 0 Å². The van der Waals surface area contributed by atoms with Crippen LogP contribution in [-0.4, -0.2) is 13.0 Å². The van der Waals surface area contributed by atoms with Crippen molar-refractivity contribution in [3.8, 4) is 0 Å². The van der Waals surface area contributed by atoms with Crippen LogP contribution in [0, 0.1) is 0 Å². The lowest BCUT2D eigenvalue weighted by molar-refractivity contribution is 0.396. The minimum absolute atomic E-state index is 0.811. The highest BCUT2D eigenvalue weighted by Crippen LogP contribution is 2.25. The zero-order valence-electron chi connectivity index (χ0n) is 6.37. The van der Waals surface area contributed by atoms with Crippen molar-refractivity contribution < 1.29 is 4.74 Å². The average molecular weight is 147 g/mol. The maximum Gasteiger partial charge on any atom is 0.192 e. The zero-order valence-corrected chi connectivity index (χ0v) is 6.37. The average Bonchev–Trinajstić information content (AvgIpc) is 2.46. The van der Waals surface area contributed by atoms with Gasteiger partial charge in [-0.05, 0) is 11.6 Å². The summed E-state index contributed by atoms with van der Waals surface area (Å²) in [6.45, 7) is 0. The van der Waals surface area contributed by atoms with Gasteiger partial charge in [0, 0.05) is 0 Å². The first kappa shape index (κ1) is 6.40. The molecule has 2 heteroatoms. The molecule has 0 bridgehead atoms. The van der Waals surface area contributed by atoms with Crippen LogP contribution in [0.2, 0.25) is 0 Å². The minimum atomic E-state index is 0.811. The molecular formula is C9H9NO. The molecule has 0 saturated carbocycles. The molecule has 0 aliphatic carbocycles. The number of hydrogen-bond acceptors (Lipinski definition) is 2. The van der Waals surface area contributed by atoms with E-state index in [2.05, 4.69) is 11.1 Å². The Morgan fingerprint density at radius 1 is 1.36 bits per heavy atom.